The number of amides is 1. The molecule has 0 aliphatic carbocycles. The van der Waals surface area contributed by atoms with E-state index < -0.39 is 10.2 Å². The van der Waals surface area contributed by atoms with Crippen LogP contribution in [0.15, 0.2) is 40.6 Å². The molecule has 0 spiro atoms. The second-order valence-corrected chi connectivity index (χ2v) is 6.95. The molecule has 0 fully saturated rings. The number of hydrogen-bond acceptors (Lipinski definition) is 6. The predicted molar refractivity (Wildman–Crippen MR) is 91.1 cm³/mol. The number of thiophene rings is 1. The molecular weight excluding hydrogens is 336 g/mol. The Morgan fingerprint density at radius 2 is 2.09 bits per heavy atom. The maximum absolute atomic E-state index is 12.1. The zero-order valence-electron chi connectivity index (χ0n) is 12.6. The van der Waals surface area contributed by atoms with Crippen LogP contribution in [0.25, 0.3) is 0 Å². The van der Waals surface area contributed by atoms with Crippen molar-refractivity contribution in [2.45, 2.75) is 23.6 Å². The molecule has 2 aromatic rings. The third-order valence-corrected chi connectivity index (χ3v) is 5.22. The quantitative estimate of drug-likeness (QED) is 0.469. The van der Waals surface area contributed by atoms with Crippen LogP contribution in [0.4, 0.5) is 5.00 Å². The number of ether oxygens (including phenoxy) is 1. The van der Waals surface area contributed by atoms with E-state index in [4.69, 9.17) is 4.74 Å². The first kappa shape index (κ1) is 17.3. The summed E-state index contributed by atoms with van der Waals surface area (Å²) in [7, 11) is 1.60. The van der Waals surface area contributed by atoms with Crippen molar-refractivity contribution in [2.75, 3.05) is 7.11 Å². The Bertz CT molecular complexity index is 685. The minimum absolute atomic E-state index is 0.0739. The molecule has 0 saturated carbocycles. The Balaban J connectivity index is 1.89. The molecule has 2 rings (SSSR count). The molecule has 0 bridgehead atoms. The number of benzene rings is 1. The minimum atomic E-state index is -0.422. The molecular formula is C15H16N2O4S2. The Labute approximate surface area is 142 Å². The predicted octanol–water partition coefficient (Wildman–Crippen LogP) is 3.46. The summed E-state index contributed by atoms with van der Waals surface area (Å²) in [5.41, 5.74) is 0.956. The lowest BCUT2D eigenvalue weighted by atomic mass is 10.2. The van der Waals surface area contributed by atoms with Crippen LogP contribution in [0, 0.1) is 10.1 Å². The molecule has 0 aliphatic heterocycles. The van der Waals surface area contributed by atoms with Crippen LogP contribution in [0.5, 0.6) is 5.75 Å². The van der Waals surface area contributed by atoms with Gasteiger partial charge in [-0.2, -0.15) is 0 Å². The molecule has 1 unspecified atom stereocenters. The number of carbonyl (C=O) groups excluding carboxylic acids is 1. The van der Waals surface area contributed by atoms with Gasteiger partial charge in [-0.05, 0) is 36.1 Å². The molecule has 0 aliphatic rings. The standard InChI is InChI=1S/C15H16N2O4S2/c1-10(23-13-7-8-22-15(13)17(19)20)14(18)16-9-11-3-5-12(21-2)6-4-11/h3-8,10H,9H2,1-2H3,(H,16,18). The number of nitrogens with one attached hydrogen (secondary N) is 1. The van der Waals surface area contributed by atoms with Crippen LogP contribution < -0.4 is 10.1 Å². The number of nitro groups is 1. The molecule has 8 heteroatoms. The molecule has 1 N–H and O–H groups in total. The first-order valence-corrected chi connectivity index (χ1v) is 8.56. The van der Waals surface area contributed by atoms with E-state index >= 15 is 0 Å². The third-order valence-electron chi connectivity index (χ3n) is 3.07. The van der Waals surface area contributed by atoms with E-state index in [2.05, 4.69) is 5.32 Å². The van der Waals surface area contributed by atoms with Crippen molar-refractivity contribution in [1.29, 1.82) is 0 Å². The molecule has 0 radical (unpaired) electrons. The highest BCUT2D eigenvalue weighted by molar-refractivity contribution is 8.00. The second kappa shape index (κ2) is 7.98. The molecule has 6 nitrogen and oxygen atoms in total. The third kappa shape index (κ3) is 4.70. The second-order valence-electron chi connectivity index (χ2n) is 4.67. The average Bonchev–Trinajstić information content (AvgIpc) is 3.01. The van der Waals surface area contributed by atoms with E-state index in [-0.39, 0.29) is 10.9 Å². The van der Waals surface area contributed by atoms with Gasteiger partial charge in [-0.3, -0.25) is 14.9 Å². The van der Waals surface area contributed by atoms with Crippen molar-refractivity contribution in [3.63, 3.8) is 0 Å². The lowest BCUT2D eigenvalue weighted by Gasteiger charge is -2.11. The fourth-order valence-electron chi connectivity index (χ4n) is 1.83. The summed E-state index contributed by atoms with van der Waals surface area (Å²) < 4.78 is 5.08. The first-order valence-electron chi connectivity index (χ1n) is 6.80. The highest BCUT2D eigenvalue weighted by atomic mass is 32.2. The molecule has 122 valence electrons. The van der Waals surface area contributed by atoms with Gasteiger partial charge in [-0.25, -0.2) is 0 Å². The van der Waals surface area contributed by atoms with Gasteiger partial charge in [0.25, 0.3) is 0 Å². The fourth-order valence-corrected chi connectivity index (χ4v) is 3.70. The highest BCUT2D eigenvalue weighted by Gasteiger charge is 2.21. The Kier molecular flexibility index (Phi) is 6.00. The highest BCUT2D eigenvalue weighted by Crippen LogP contribution is 2.36. The largest absolute Gasteiger partial charge is 0.497 e. The summed E-state index contributed by atoms with van der Waals surface area (Å²) in [6.07, 6.45) is 0. The number of thioether (sulfide) groups is 1. The number of rotatable bonds is 7. The zero-order valence-corrected chi connectivity index (χ0v) is 14.3. The molecule has 23 heavy (non-hydrogen) atoms. The maximum atomic E-state index is 12.1. The summed E-state index contributed by atoms with van der Waals surface area (Å²) in [4.78, 5) is 23.1. The Morgan fingerprint density at radius 1 is 1.39 bits per heavy atom. The molecule has 1 aromatic heterocycles. The summed E-state index contributed by atoms with van der Waals surface area (Å²) in [5.74, 6) is 0.597. The van der Waals surface area contributed by atoms with Crippen molar-refractivity contribution >= 4 is 34.0 Å². The van der Waals surface area contributed by atoms with Gasteiger partial charge in [0.2, 0.25) is 5.91 Å². The normalized spacial score (nSPS) is 11.7. The number of nitrogens with zero attached hydrogens (tertiary/aromatic N) is 1. The van der Waals surface area contributed by atoms with Crippen LogP contribution in [0.1, 0.15) is 12.5 Å². The Hall–Kier alpha value is -2.06. The van der Waals surface area contributed by atoms with Crippen molar-refractivity contribution in [1.82, 2.24) is 5.32 Å². The van der Waals surface area contributed by atoms with E-state index in [1.165, 1.54) is 11.8 Å². The molecule has 1 amide bonds. The summed E-state index contributed by atoms with van der Waals surface area (Å²) in [6, 6.07) is 9.07. The molecule has 1 heterocycles. The summed E-state index contributed by atoms with van der Waals surface area (Å²) in [6.45, 7) is 2.13. The lowest BCUT2D eigenvalue weighted by molar-refractivity contribution is -0.382. The van der Waals surface area contributed by atoms with Crippen molar-refractivity contribution in [3.8, 4) is 5.75 Å². The van der Waals surface area contributed by atoms with Gasteiger partial charge in [0, 0.05) is 6.54 Å². The molecule has 0 saturated heterocycles. The van der Waals surface area contributed by atoms with Crippen LogP contribution in [0.2, 0.25) is 0 Å². The summed E-state index contributed by atoms with van der Waals surface area (Å²) >= 11 is 2.25. The lowest BCUT2D eigenvalue weighted by Crippen LogP contribution is -2.30. The monoisotopic (exact) mass is 352 g/mol. The van der Waals surface area contributed by atoms with Crippen LogP contribution in [-0.4, -0.2) is 23.2 Å². The van der Waals surface area contributed by atoms with Crippen LogP contribution in [0.3, 0.4) is 0 Å². The SMILES string of the molecule is COc1ccc(CNC(=O)C(C)Sc2ccsc2[N+](=O)[O-])cc1. The number of carbonyl (C=O) groups is 1. The van der Waals surface area contributed by atoms with Crippen molar-refractivity contribution in [2.24, 2.45) is 0 Å². The van der Waals surface area contributed by atoms with Gasteiger partial charge < -0.3 is 10.1 Å². The number of methoxy groups -OCH3 is 1. The van der Waals surface area contributed by atoms with Crippen molar-refractivity contribution < 1.29 is 14.5 Å². The van der Waals surface area contributed by atoms with Gasteiger partial charge in [0.1, 0.15) is 5.75 Å². The fraction of sp³-hybridized carbons (Fsp3) is 0.267. The van der Waals surface area contributed by atoms with Gasteiger partial charge in [-0.15, -0.1) is 11.8 Å². The van der Waals surface area contributed by atoms with E-state index in [1.807, 2.05) is 24.3 Å². The smallest absolute Gasteiger partial charge is 0.337 e. The van der Waals surface area contributed by atoms with E-state index in [0.29, 0.717) is 11.4 Å². The maximum Gasteiger partial charge on any atom is 0.337 e. The minimum Gasteiger partial charge on any atom is -0.497 e. The first-order chi connectivity index (χ1) is 11.0. The van der Waals surface area contributed by atoms with Gasteiger partial charge in [0.15, 0.2) is 0 Å². The van der Waals surface area contributed by atoms with Gasteiger partial charge in [0.05, 0.1) is 22.2 Å². The number of hydrogen-bond donors (Lipinski definition) is 1. The molecule has 1 atom stereocenters. The summed E-state index contributed by atoms with van der Waals surface area (Å²) in [5, 5.41) is 15.0. The Morgan fingerprint density at radius 3 is 2.70 bits per heavy atom. The average molecular weight is 352 g/mol. The molecule has 1 aromatic carbocycles. The van der Waals surface area contributed by atoms with Crippen molar-refractivity contribution in [3.05, 3.63) is 51.4 Å². The zero-order chi connectivity index (χ0) is 16.8. The van der Waals surface area contributed by atoms with Gasteiger partial charge >= 0.3 is 5.00 Å². The van der Waals surface area contributed by atoms with E-state index in [0.717, 1.165) is 22.6 Å². The van der Waals surface area contributed by atoms with E-state index in [9.17, 15) is 14.9 Å². The van der Waals surface area contributed by atoms with E-state index in [1.54, 1.807) is 25.5 Å². The van der Waals surface area contributed by atoms with Crippen LogP contribution >= 0.6 is 23.1 Å². The van der Waals surface area contributed by atoms with Crippen LogP contribution in [-0.2, 0) is 11.3 Å². The van der Waals surface area contributed by atoms with Gasteiger partial charge in [-0.1, -0.05) is 23.5 Å². The topological polar surface area (TPSA) is 81.5 Å².